The molecule has 9 aromatic carbocycles. The molecule has 10 rings (SSSR count). The Hall–Kier alpha value is -6.27. The Morgan fingerprint density at radius 1 is 0.288 bits per heavy atom. The van der Waals surface area contributed by atoms with Crippen LogP contribution in [0.15, 0.2) is 200 Å². The summed E-state index contributed by atoms with van der Waals surface area (Å²) in [6.45, 7) is 0. The molecule has 0 radical (unpaired) electrons. The lowest BCUT2D eigenvalue weighted by Gasteiger charge is -2.21. The maximum atomic E-state index is 15.4. The fourth-order valence-electron chi connectivity index (χ4n) is 8.45. The van der Waals surface area contributed by atoms with Crippen LogP contribution in [-0.2, 0) is 4.57 Å². The molecule has 0 unspecified atom stereocenters. The Morgan fingerprint density at radius 2 is 0.692 bits per heavy atom. The van der Waals surface area contributed by atoms with Gasteiger partial charge < -0.3 is 4.57 Å². The van der Waals surface area contributed by atoms with Crippen molar-refractivity contribution in [1.29, 1.82) is 0 Å². The van der Waals surface area contributed by atoms with Gasteiger partial charge in [0.2, 0.25) is 0 Å². The van der Waals surface area contributed by atoms with E-state index in [4.69, 9.17) is 0 Å². The third-order valence-electron chi connectivity index (χ3n) is 10.7. The zero-order valence-electron chi connectivity index (χ0n) is 28.4. The molecule has 244 valence electrons. The Kier molecular flexibility index (Phi) is 7.17. The van der Waals surface area contributed by atoms with E-state index in [1.807, 2.05) is 66.7 Å². The normalized spacial score (nSPS) is 11.9. The van der Waals surface area contributed by atoms with Crippen LogP contribution in [0, 0.1) is 0 Å². The van der Waals surface area contributed by atoms with Crippen molar-refractivity contribution in [3.05, 3.63) is 200 Å². The first kappa shape index (κ1) is 30.5. The van der Waals surface area contributed by atoms with E-state index in [0.717, 1.165) is 27.0 Å². The topological polar surface area (TPSA) is 17.1 Å². The Bertz CT molecular complexity index is 2710. The predicted octanol–water partition coefficient (Wildman–Crippen LogP) is 12.3. The molecule has 0 bridgehead atoms. The highest BCUT2D eigenvalue weighted by atomic mass is 31.2. The SMILES string of the molecule is O=P(c1ccccc1)(c1ccccc1)c1cccc(-c2ccc3c4c(cccc24)-c2c-3c(-c3ccccc3)c3ccccc3c2-c2ccccc2)c1. The number of fused-ring (bicyclic) bond motifs is 4. The molecule has 52 heavy (non-hydrogen) atoms. The first-order valence-corrected chi connectivity index (χ1v) is 19.5. The van der Waals surface area contributed by atoms with Crippen LogP contribution in [0.5, 0.6) is 0 Å². The van der Waals surface area contributed by atoms with Gasteiger partial charge in [-0.2, -0.15) is 0 Å². The molecule has 0 spiro atoms. The van der Waals surface area contributed by atoms with Gasteiger partial charge in [-0.05, 0) is 83.2 Å². The lowest BCUT2D eigenvalue weighted by molar-refractivity contribution is 0.592. The van der Waals surface area contributed by atoms with Crippen LogP contribution >= 0.6 is 7.14 Å². The summed E-state index contributed by atoms with van der Waals surface area (Å²) < 4.78 is 15.4. The summed E-state index contributed by atoms with van der Waals surface area (Å²) in [5.74, 6) is 0. The molecule has 0 heterocycles. The van der Waals surface area contributed by atoms with Crippen molar-refractivity contribution in [2.45, 2.75) is 0 Å². The zero-order chi connectivity index (χ0) is 34.6. The van der Waals surface area contributed by atoms with Gasteiger partial charge in [0.25, 0.3) is 0 Å². The highest BCUT2D eigenvalue weighted by molar-refractivity contribution is 7.85. The van der Waals surface area contributed by atoms with Crippen LogP contribution in [0.4, 0.5) is 0 Å². The minimum absolute atomic E-state index is 0.831. The van der Waals surface area contributed by atoms with Gasteiger partial charge in [0.1, 0.15) is 0 Å². The molecule has 0 saturated heterocycles. The van der Waals surface area contributed by atoms with Gasteiger partial charge in [-0.1, -0.05) is 194 Å². The van der Waals surface area contributed by atoms with Gasteiger partial charge in [-0.3, -0.25) is 0 Å². The summed E-state index contributed by atoms with van der Waals surface area (Å²) in [5.41, 5.74) is 12.2. The van der Waals surface area contributed by atoms with Gasteiger partial charge in [-0.25, -0.2) is 0 Å². The summed E-state index contributed by atoms with van der Waals surface area (Å²) in [4.78, 5) is 0. The fraction of sp³-hybridized carbons (Fsp3) is 0. The quantitative estimate of drug-likeness (QED) is 0.160. The number of rotatable bonds is 6. The van der Waals surface area contributed by atoms with Crippen LogP contribution in [-0.4, -0.2) is 0 Å². The maximum Gasteiger partial charge on any atom is 0.171 e. The standard InChI is InChI=1S/C50H33OP/c51-52(37-22-9-3-10-23-37,38-24-11-4-12-25-38)39-26-15-21-36(33-39)40-31-32-45-48-41(40)29-16-30-44(48)49-46(34-17-5-1-6-18-34)42-27-13-14-28-43(42)47(50(45)49)35-19-7-2-8-20-35/h1-33H. The number of hydrogen-bond donors (Lipinski definition) is 0. The molecular formula is C50H33OP. The summed E-state index contributed by atoms with van der Waals surface area (Å²) in [7, 11) is -3.15. The van der Waals surface area contributed by atoms with Crippen molar-refractivity contribution in [2.24, 2.45) is 0 Å². The molecule has 0 atom stereocenters. The van der Waals surface area contributed by atoms with Gasteiger partial charge in [0.05, 0.1) is 0 Å². The molecule has 2 heteroatoms. The van der Waals surface area contributed by atoms with Crippen LogP contribution < -0.4 is 15.9 Å². The molecule has 0 N–H and O–H groups in total. The second kappa shape index (κ2) is 12.2. The first-order valence-electron chi connectivity index (χ1n) is 17.8. The van der Waals surface area contributed by atoms with Crippen LogP contribution in [0.3, 0.4) is 0 Å². The predicted molar refractivity (Wildman–Crippen MR) is 222 cm³/mol. The van der Waals surface area contributed by atoms with Gasteiger partial charge >= 0.3 is 0 Å². The van der Waals surface area contributed by atoms with Crippen molar-refractivity contribution in [2.75, 3.05) is 0 Å². The molecule has 0 aromatic heterocycles. The molecular weight excluding hydrogens is 648 g/mol. The Morgan fingerprint density at radius 3 is 1.25 bits per heavy atom. The fourth-order valence-corrected chi connectivity index (χ4v) is 11.1. The van der Waals surface area contributed by atoms with E-state index < -0.39 is 7.14 Å². The second-order valence-electron chi connectivity index (χ2n) is 13.5. The van der Waals surface area contributed by atoms with E-state index in [1.54, 1.807) is 0 Å². The average molecular weight is 681 g/mol. The van der Waals surface area contributed by atoms with Crippen molar-refractivity contribution in [3.8, 4) is 55.6 Å². The number of hydrogen-bond acceptors (Lipinski definition) is 1. The molecule has 0 amide bonds. The Labute approximate surface area is 303 Å². The van der Waals surface area contributed by atoms with E-state index >= 15 is 4.57 Å². The number of benzene rings is 9. The third-order valence-corrected chi connectivity index (χ3v) is 13.7. The van der Waals surface area contributed by atoms with Crippen LogP contribution in [0.1, 0.15) is 0 Å². The van der Waals surface area contributed by atoms with Crippen LogP contribution in [0.2, 0.25) is 0 Å². The van der Waals surface area contributed by atoms with Crippen molar-refractivity contribution < 1.29 is 4.57 Å². The van der Waals surface area contributed by atoms with Gasteiger partial charge in [-0.15, -0.1) is 0 Å². The van der Waals surface area contributed by atoms with Crippen LogP contribution in [0.25, 0.3) is 77.2 Å². The summed E-state index contributed by atoms with van der Waals surface area (Å²) in [5, 5.41) is 7.46. The van der Waals surface area contributed by atoms with Crippen molar-refractivity contribution >= 4 is 44.6 Å². The third kappa shape index (κ3) is 4.60. The summed E-state index contributed by atoms with van der Waals surface area (Å²) in [6, 6.07) is 70.2. The largest absolute Gasteiger partial charge is 0.309 e. The first-order chi connectivity index (χ1) is 25.7. The zero-order valence-corrected chi connectivity index (χ0v) is 29.3. The molecule has 0 aliphatic heterocycles. The smallest absolute Gasteiger partial charge is 0.171 e. The molecule has 1 nitrogen and oxygen atoms in total. The molecule has 9 aromatic rings. The highest BCUT2D eigenvalue weighted by Gasteiger charge is 2.32. The van der Waals surface area contributed by atoms with E-state index in [2.05, 4.69) is 133 Å². The summed E-state index contributed by atoms with van der Waals surface area (Å²) >= 11 is 0. The molecule has 1 aliphatic carbocycles. The minimum Gasteiger partial charge on any atom is -0.309 e. The van der Waals surface area contributed by atoms with E-state index in [9.17, 15) is 0 Å². The lowest BCUT2D eigenvalue weighted by Crippen LogP contribution is -2.25. The monoisotopic (exact) mass is 680 g/mol. The van der Waals surface area contributed by atoms with Crippen molar-refractivity contribution in [1.82, 2.24) is 0 Å². The average Bonchev–Trinajstić information content (AvgIpc) is 3.55. The lowest BCUT2D eigenvalue weighted by atomic mass is 9.82. The molecule has 0 fully saturated rings. The van der Waals surface area contributed by atoms with Crippen molar-refractivity contribution in [3.63, 3.8) is 0 Å². The molecule has 1 aliphatic rings. The van der Waals surface area contributed by atoms with Gasteiger partial charge in [0, 0.05) is 15.9 Å². The molecule has 0 saturated carbocycles. The van der Waals surface area contributed by atoms with E-state index in [-0.39, 0.29) is 0 Å². The van der Waals surface area contributed by atoms with E-state index in [1.165, 1.54) is 66.1 Å². The van der Waals surface area contributed by atoms with E-state index in [0.29, 0.717) is 0 Å². The Balaban J connectivity index is 1.25. The van der Waals surface area contributed by atoms with Gasteiger partial charge in [0.15, 0.2) is 7.14 Å². The summed E-state index contributed by atoms with van der Waals surface area (Å²) in [6.07, 6.45) is 0. The maximum absolute atomic E-state index is 15.4. The second-order valence-corrected chi connectivity index (χ2v) is 16.3. The highest BCUT2D eigenvalue weighted by Crippen LogP contribution is 2.58. The minimum atomic E-state index is -3.15.